The molecular weight excluding hydrogens is 364 g/mol. The number of halogens is 2. The minimum atomic E-state index is -0.756. The van der Waals surface area contributed by atoms with Crippen LogP contribution in [-0.2, 0) is 0 Å². The van der Waals surface area contributed by atoms with Crippen molar-refractivity contribution in [3.05, 3.63) is 59.2 Å². The first-order chi connectivity index (χ1) is 13.5. The molecule has 2 aromatic carbocycles. The van der Waals surface area contributed by atoms with Gasteiger partial charge in [0.15, 0.2) is 11.6 Å². The third-order valence-corrected chi connectivity index (χ3v) is 5.01. The van der Waals surface area contributed by atoms with E-state index in [2.05, 4.69) is 42.3 Å². The fourth-order valence-electron chi connectivity index (χ4n) is 3.25. The normalized spacial score (nSPS) is 14.1. The molecule has 0 bridgehead atoms. The van der Waals surface area contributed by atoms with E-state index in [9.17, 15) is 13.6 Å². The number of aryl methyl sites for hydroxylation is 1. The van der Waals surface area contributed by atoms with Crippen LogP contribution in [-0.4, -0.2) is 50.3 Å². The van der Waals surface area contributed by atoms with Crippen LogP contribution in [0.5, 0.6) is 5.75 Å². The predicted octanol–water partition coefficient (Wildman–Crippen LogP) is 3.49. The number of anilines is 1. The molecule has 0 unspecified atom stereocenters. The molecule has 3 rings (SSSR count). The Kier molecular flexibility index (Phi) is 6.34. The van der Waals surface area contributed by atoms with Gasteiger partial charge in [-0.3, -0.25) is 0 Å². The monoisotopic (exact) mass is 389 g/mol. The number of amides is 2. The van der Waals surface area contributed by atoms with Gasteiger partial charge in [0.05, 0.1) is 6.54 Å². The number of nitrogens with zero attached hydrogens (tertiary/aromatic N) is 2. The second kappa shape index (κ2) is 8.91. The van der Waals surface area contributed by atoms with E-state index in [1.807, 2.05) is 0 Å². The van der Waals surface area contributed by atoms with E-state index in [0.717, 1.165) is 25.2 Å². The topological polar surface area (TPSA) is 44.8 Å². The van der Waals surface area contributed by atoms with Crippen molar-refractivity contribution in [2.24, 2.45) is 0 Å². The lowest BCUT2D eigenvalue weighted by Crippen LogP contribution is -2.52. The van der Waals surface area contributed by atoms with Gasteiger partial charge in [-0.15, -0.1) is 0 Å². The van der Waals surface area contributed by atoms with E-state index in [1.54, 1.807) is 4.90 Å². The Labute approximate surface area is 163 Å². The van der Waals surface area contributed by atoms with Crippen molar-refractivity contribution in [1.82, 2.24) is 10.2 Å². The molecule has 0 atom stereocenters. The number of urea groups is 1. The number of benzene rings is 2. The van der Waals surface area contributed by atoms with E-state index < -0.39 is 11.6 Å². The minimum Gasteiger partial charge on any atom is -0.489 e. The predicted molar refractivity (Wildman–Crippen MR) is 105 cm³/mol. The van der Waals surface area contributed by atoms with E-state index in [4.69, 9.17) is 4.74 Å². The SMILES string of the molecule is Cc1cccc(N2CCN(C(=O)NCCOc3ccc(F)cc3F)CC2)c1C. The van der Waals surface area contributed by atoms with Gasteiger partial charge in [0, 0.05) is 37.9 Å². The second-order valence-corrected chi connectivity index (χ2v) is 6.85. The number of hydrogen-bond donors (Lipinski definition) is 1. The van der Waals surface area contributed by atoms with Crippen LogP contribution in [0.3, 0.4) is 0 Å². The molecular formula is C21H25F2N3O2. The smallest absolute Gasteiger partial charge is 0.317 e. The molecule has 1 saturated heterocycles. The second-order valence-electron chi connectivity index (χ2n) is 6.85. The Balaban J connectivity index is 1.42. The molecule has 28 heavy (non-hydrogen) atoms. The number of carbonyl (C=O) groups excluding carboxylic acids is 1. The van der Waals surface area contributed by atoms with Gasteiger partial charge in [0.25, 0.3) is 0 Å². The first-order valence-electron chi connectivity index (χ1n) is 9.37. The molecule has 0 radical (unpaired) electrons. The van der Waals surface area contributed by atoms with Crippen LogP contribution >= 0.6 is 0 Å². The Hall–Kier alpha value is -2.83. The first kappa shape index (κ1) is 19.9. The van der Waals surface area contributed by atoms with Crippen molar-refractivity contribution < 1.29 is 18.3 Å². The van der Waals surface area contributed by atoms with Crippen molar-refractivity contribution in [3.8, 4) is 5.75 Å². The zero-order chi connectivity index (χ0) is 20.1. The summed E-state index contributed by atoms with van der Waals surface area (Å²) in [5.74, 6) is -1.44. The van der Waals surface area contributed by atoms with Crippen LogP contribution in [0.4, 0.5) is 19.3 Å². The molecule has 0 saturated carbocycles. The largest absolute Gasteiger partial charge is 0.489 e. The molecule has 0 aliphatic carbocycles. The third-order valence-electron chi connectivity index (χ3n) is 5.01. The van der Waals surface area contributed by atoms with E-state index in [1.165, 1.54) is 22.9 Å². The van der Waals surface area contributed by atoms with Crippen LogP contribution in [0, 0.1) is 25.5 Å². The number of nitrogens with one attached hydrogen (secondary N) is 1. The van der Waals surface area contributed by atoms with E-state index in [-0.39, 0.29) is 24.9 Å². The minimum absolute atomic E-state index is 0.0298. The van der Waals surface area contributed by atoms with Crippen LogP contribution < -0.4 is 15.0 Å². The summed E-state index contributed by atoms with van der Waals surface area (Å²) in [5.41, 5.74) is 3.75. The molecule has 1 aliphatic heterocycles. The summed E-state index contributed by atoms with van der Waals surface area (Å²) in [4.78, 5) is 16.4. The molecule has 5 nitrogen and oxygen atoms in total. The van der Waals surface area contributed by atoms with Gasteiger partial charge in [-0.2, -0.15) is 0 Å². The van der Waals surface area contributed by atoms with Gasteiger partial charge >= 0.3 is 6.03 Å². The first-order valence-corrected chi connectivity index (χ1v) is 9.37. The van der Waals surface area contributed by atoms with Crippen molar-refractivity contribution in [2.45, 2.75) is 13.8 Å². The summed E-state index contributed by atoms with van der Waals surface area (Å²) in [6.45, 7) is 7.38. The summed E-state index contributed by atoms with van der Waals surface area (Å²) in [7, 11) is 0. The summed E-state index contributed by atoms with van der Waals surface area (Å²) >= 11 is 0. The molecule has 7 heteroatoms. The Bertz CT molecular complexity index is 836. The third kappa shape index (κ3) is 4.71. The highest BCUT2D eigenvalue weighted by molar-refractivity contribution is 5.74. The maximum atomic E-state index is 13.5. The zero-order valence-corrected chi connectivity index (χ0v) is 16.2. The summed E-state index contributed by atoms with van der Waals surface area (Å²) in [6, 6.07) is 9.24. The number of piperazine rings is 1. The fraction of sp³-hybridized carbons (Fsp3) is 0.381. The van der Waals surface area contributed by atoms with Gasteiger partial charge in [-0.25, -0.2) is 13.6 Å². The van der Waals surface area contributed by atoms with Crippen LogP contribution in [0.25, 0.3) is 0 Å². The van der Waals surface area contributed by atoms with Gasteiger partial charge in [0.1, 0.15) is 12.4 Å². The van der Waals surface area contributed by atoms with Crippen molar-refractivity contribution in [2.75, 3.05) is 44.2 Å². The lowest BCUT2D eigenvalue weighted by atomic mass is 10.1. The van der Waals surface area contributed by atoms with Crippen molar-refractivity contribution in [1.29, 1.82) is 0 Å². The zero-order valence-electron chi connectivity index (χ0n) is 16.2. The fourth-order valence-corrected chi connectivity index (χ4v) is 3.25. The highest BCUT2D eigenvalue weighted by Crippen LogP contribution is 2.23. The molecule has 0 spiro atoms. The van der Waals surface area contributed by atoms with Gasteiger partial charge < -0.3 is 19.9 Å². The molecule has 0 aromatic heterocycles. The molecule has 150 valence electrons. The number of carbonyl (C=O) groups is 1. The lowest BCUT2D eigenvalue weighted by Gasteiger charge is -2.37. The maximum Gasteiger partial charge on any atom is 0.317 e. The number of ether oxygens (including phenoxy) is 1. The molecule has 1 aliphatic rings. The summed E-state index contributed by atoms with van der Waals surface area (Å²) in [6.07, 6.45) is 0. The van der Waals surface area contributed by atoms with Crippen molar-refractivity contribution in [3.63, 3.8) is 0 Å². The molecule has 1 fully saturated rings. The average Bonchev–Trinajstić information content (AvgIpc) is 2.69. The average molecular weight is 389 g/mol. The Morgan fingerprint density at radius 3 is 2.57 bits per heavy atom. The highest BCUT2D eigenvalue weighted by atomic mass is 19.1. The number of hydrogen-bond acceptors (Lipinski definition) is 3. The van der Waals surface area contributed by atoms with Crippen LogP contribution in [0.2, 0.25) is 0 Å². The quantitative estimate of drug-likeness (QED) is 0.797. The van der Waals surface area contributed by atoms with Gasteiger partial charge in [-0.1, -0.05) is 12.1 Å². The maximum absolute atomic E-state index is 13.5. The molecule has 2 aromatic rings. The lowest BCUT2D eigenvalue weighted by molar-refractivity contribution is 0.191. The van der Waals surface area contributed by atoms with Gasteiger partial charge in [-0.05, 0) is 43.2 Å². The van der Waals surface area contributed by atoms with Gasteiger partial charge in [0.2, 0.25) is 0 Å². The summed E-state index contributed by atoms with van der Waals surface area (Å²) < 4.78 is 31.6. The molecule has 1 heterocycles. The van der Waals surface area contributed by atoms with Crippen LogP contribution in [0.1, 0.15) is 11.1 Å². The van der Waals surface area contributed by atoms with E-state index in [0.29, 0.717) is 13.1 Å². The Morgan fingerprint density at radius 2 is 1.86 bits per heavy atom. The summed E-state index contributed by atoms with van der Waals surface area (Å²) in [5, 5.41) is 2.78. The van der Waals surface area contributed by atoms with Crippen molar-refractivity contribution >= 4 is 11.7 Å². The standard InChI is InChI=1S/C21H25F2N3O2/c1-15-4-3-5-19(16(15)2)25-9-11-26(12-10-25)21(27)24-8-13-28-20-7-6-17(22)14-18(20)23/h3-7,14H,8-13H2,1-2H3,(H,24,27). The van der Waals surface area contributed by atoms with E-state index >= 15 is 0 Å². The number of rotatable bonds is 5. The highest BCUT2D eigenvalue weighted by Gasteiger charge is 2.22. The molecule has 2 amide bonds. The molecule has 1 N–H and O–H groups in total. The Morgan fingerprint density at radius 1 is 1.11 bits per heavy atom. The van der Waals surface area contributed by atoms with Crippen LogP contribution in [0.15, 0.2) is 36.4 Å².